The summed E-state index contributed by atoms with van der Waals surface area (Å²) in [6, 6.07) is 3.67. The highest BCUT2D eigenvalue weighted by Gasteiger charge is 2.22. The highest BCUT2D eigenvalue weighted by molar-refractivity contribution is 9.10. The van der Waals surface area contributed by atoms with Gasteiger partial charge in [0.05, 0.1) is 0 Å². The molecule has 1 aromatic rings. The number of primary amides is 1. The zero-order valence-electron chi connectivity index (χ0n) is 11.0. The summed E-state index contributed by atoms with van der Waals surface area (Å²) in [7, 11) is 1.60. The summed E-state index contributed by atoms with van der Waals surface area (Å²) < 4.78 is 19.4. The van der Waals surface area contributed by atoms with Crippen molar-refractivity contribution in [2.75, 3.05) is 13.7 Å². The van der Waals surface area contributed by atoms with E-state index in [4.69, 9.17) is 10.5 Å². The van der Waals surface area contributed by atoms with E-state index < -0.39 is 17.8 Å². The molecule has 1 aromatic carbocycles. The minimum atomic E-state index is -0.847. The summed E-state index contributed by atoms with van der Waals surface area (Å²) >= 11 is 3.17. The molecule has 4 nitrogen and oxygen atoms in total. The van der Waals surface area contributed by atoms with Crippen LogP contribution in [0.15, 0.2) is 22.7 Å². The van der Waals surface area contributed by atoms with Gasteiger partial charge in [-0.2, -0.15) is 0 Å². The molecule has 0 aliphatic rings. The van der Waals surface area contributed by atoms with E-state index in [2.05, 4.69) is 21.2 Å². The Bertz CT molecular complexity index is 443. The maximum atomic E-state index is 13.9. The predicted molar refractivity (Wildman–Crippen MR) is 75.1 cm³/mol. The van der Waals surface area contributed by atoms with E-state index in [1.807, 2.05) is 6.92 Å². The Kier molecular flexibility index (Phi) is 6.41. The number of carbonyl (C=O) groups excluding carboxylic acids is 1. The van der Waals surface area contributed by atoms with Gasteiger partial charge in [0.15, 0.2) is 0 Å². The quantitative estimate of drug-likeness (QED) is 0.803. The first kappa shape index (κ1) is 16.1. The van der Waals surface area contributed by atoms with E-state index in [0.717, 1.165) is 0 Å². The van der Waals surface area contributed by atoms with Gasteiger partial charge in [-0.3, -0.25) is 10.1 Å². The largest absolute Gasteiger partial charge is 0.385 e. The lowest BCUT2D eigenvalue weighted by Gasteiger charge is -2.21. The van der Waals surface area contributed by atoms with E-state index in [-0.39, 0.29) is 11.6 Å². The van der Waals surface area contributed by atoms with Crippen LogP contribution in [0.1, 0.15) is 24.9 Å². The third-order valence-electron chi connectivity index (χ3n) is 2.76. The Morgan fingerprint density at radius 2 is 2.26 bits per heavy atom. The summed E-state index contributed by atoms with van der Waals surface area (Å²) in [6.45, 7) is 2.45. The Labute approximate surface area is 120 Å². The van der Waals surface area contributed by atoms with Crippen LogP contribution < -0.4 is 11.1 Å². The van der Waals surface area contributed by atoms with Crippen molar-refractivity contribution in [2.24, 2.45) is 5.73 Å². The lowest BCUT2D eigenvalue weighted by molar-refractivity contribution is -0.120. The Balaban J connectivity index is 2.85. The highest BCUT2D eigenvalue weighted by atomic mass is 79.9. The van der Waals surface area contributed by atoms with Gasteiger partial charge in [-0.05, 0) is 25.5 Å². The van der Waals surface area contributed by atoms with Crippen LogP contribution in [0.2, 0.25) is 0 Å². The van der Waals surface area contributed by atoms with Crippen LogP contribution in [0, 0.1) is 5.82 Å². The normalized spacial score (nSPS) is 14.1. The molecule has 3 N–H and O–H groups in total. The van der Waals surface area contributed by atoms with Gasteiger partial charge in [-0.25, -0.2) is 4.39 Å². The number of hydrogen-bond acceptors (Lipinski definition) is 3. The molecule has 1 rings (SSSR count). The van der Waals surface area contributed by atoms with Gasteiger partial charge >= 0.3 is 0 Å². The summed E-state index contributed by atoms with van der Waals surface area (Å²) in [5.74, 6) is -1.07. The summed E-state index contributed by atoms with van der Waals surface area (Å²) in [5.41, 5.74) is 5.59. The molecule has 19 heavy (non-hydrogen) atoms. The average Bonchev–Trinajstić information content (AvgIpc) is 2.34. The van der Waals surface area contributed by atoms with E-state index >= 15 is 0 Å². The average molecular weight is 333 g/mol. The van der Waals surface area contributed by atoms with E-state index in [0.29, 0.717) is 17.5 Å². The molecule has 0 saturated heterocycles. The van der Waals surface area contributed by atoms with E-state index in [1.54, 1.807) is 19.2 Å². The van der Waals surface area contributed by atoms with Crippen molar-refractivity contribution in [2.45, 2.75) is 25.4 Å². The molecule has 1 amide bonds. The predicted octanol–water partition coefficient (Wildman–Crippen LogP) is 2.13. The maximum Gasteiger partial charge on any atom is 0.239 e. The molecule has 106 valence electrons. The molecular weight excluding hydrogens is 315 g/mol. The maximum absolute atomic E-state index is 13.9. The molecule has 0 aliphatic carbocycles. The first-order valence-corrected chi connectivity index (χ1v) is 6.74. The third kappa shape index (κ3) is 4.89. The molecule has 2 atom stereocenters. The molecule has 0 aromatic heterocycles. The first-order valence-electron chi connectivity index (χ1n) is 5.95. The van der Waals surface area contributed by atoms with Gasteiger partial charge in [0.2, 0.25) is 5.91 Å². The highest BCUT2D eigenvalue weighted by Crippen LogP contribution is 2.21. The van der Waals surface area contributed by atoms with Gasteiger partial charge in [0.25, 0.3) is 0 Å². The number of nitrogens with two attached hydrogens (primary N) is 1. The molecule has 0 saturated carbocycles. The number of ether oxygens (including phenoxy) is 1. The smallest absolute Gasteiger partial charge is 0.239 e. The van der Waals surface area contributed by atoms with Crippen molar-refractivity contribution in [1.29, 1.82) is 0 Å². The van der Waals surface area contributed by atoms with Gasteiger partial charge < -0.3 is 10.5 Å². The Hall–Kier alpha value is -0.980. The van der Waals surface area contributed by atoms with Crippen LogP contribution in [0.4, 0.5) is 4.39 Å². The van der Waals surface area contributed by atoms with Crippen molar-refractivity contribution in [3.8, 4) is 0 Å². The third-order valence-corrected chi connectivity index (χ3v) is 3.26. The van der Waals surface area contributed by atoms with Crippen LogP contribution in [0.3, 0.4) is 0 Å². The van der Waals surface area contributed by atoms with Crippen molar-refractivity contribution < 1.29 is 13.9 Å². The molecule has 0 bridgehead atoms. The lowest BCUT2D eigenvalue weighted by Crippen LogP contribution is -2.39. The van der Waals surface area contributed by atoms with E-state index in [1.165, 1.54) is 6.07 Å². The SMILES string of the molecule is COCC[C@@H](C)N[C@@H](C(N)=O)c1ccc(Br)cc1F. The van der Waals surface area contributed by atoms with Crippen molar-refractivity contribution in [3.63, 3.8) is 0 Å². The van der Waals surface area contributed by atoms with Gasteiger partial charge in [-0.15, -0.1) is 0 Å². The fourth-order valence-corrected chi connectivity index (χ4v) is 2.06. The number of carbonyl (C=O) groups is 1. The van der Waals surface area contributed by atoms with Crippen LogP contribution in [-0.2, 0) is 9.53 Å². The number of rotatable bonds is 7. The molecule has 0 unspecified atom stereocenters. The first-order chi connectivity index (χ1) is 8.95. The van der Waals surface area contributed by atoms with Crippen LogP contribution in [0.5, 0.6) is 0 Å². The minimum Gasteiger partial charge on any atom is -0.385 e. The van der Waals surface area contributed by atoms with Crippen LogP contribution in [-0.4, -0.2) is 25.7 Å². The van der Waals surface area contributed by atoms with Crippen molar-refractivity contribution in [3.05, 3.63) is 34.1 Å². The molecule has 0 heterocycles. The summed E-state index contributed by atoms with van der Waals surface area (Å²) in [4.78, 5) is 11.5. The lowest BCUT2D eigenvalue weighted by atomic mass is 10.0. The fraction of sp³-hybridized carbons (Fsp3) is 0.462. The van der Waals surface area contributed by atoms with Gasteiger partial charge in [0, 0.05) is 29.8 Å². The molecule has 0 radical (unpaired) electrons. The number of benzene rings is 1. The standard InChI is InChI=1S/C13H18BrFN2O2/c1-8(5-6-19-2)17-12(13(16)18)10-4-3-9(14)7-11(10)15/h3-4,7-8,12,17H,5-6H2,1-2H3,(H2,16,18)/t8-,12-/m1/s1. The van der Waals surface area contributed by atoms with Crippen LogP contribution >= 0.6 is 15.9 Å². The molecular formula is C13H18BrFN2O2. The second kappa shape index (κ2) is 7.57. The zero-order chi connectivity index (χ0) is 14.4. The monoisotopic (exact) mass is 332 g/mol. The molecule has 0 spiro atoms. The van der Waals surface area contributed by atoms with Gasteiger partial charge in [-0.1, -0.05) is 22.0 Å². The number of hydrogen-bond donors (Lipinski definition) is 2. The molecule has 0 fully saturated rings. The minimum absolute atomic E-state index is 0.0134. The molecule has 0 aliphatic heterocycles. The molecule has 6 heteroatoms. The second-order valence-electron chi connectivity index (χ2n) is 4.35. The number of halogens is 2. The van der Waals surface area contributed by atoms with Gasteiger partial charge in [0.1, 0.15) is 11.9 Å². The number of amides is 1. The second-order valence-corrected chi connectivity index (χ2v) is 5.27. The topological polar surface area (TPSA) is 64.3 Å². The van der Waals surface area contributed by atoms with Crippen molar-refractivity contribution >= 4 is 21.8 Å². The Morgan fingerprint density at radius 1 is 1.58 bits per heavy atom. The number of methoxy groups -OCH3 is 1. The van der Waals surface area contributed by atoms with Crippen LogP contribution in [0.25, 0.3) is 0 Å². The fourth-order valence-electron chi connectivity index (χ4n) is 1.72. The zero-order valence-corrected chi connectivity index (χ0v) is 12.5. The van der Waals surface area contributed by atoms with E-state index in [9.17, 15) is 9.18 Å². The Morgan fingerprint density at radius 3 is 2.79 bits per heavy atom. The summed E-state index contributed by atoms with van der Waals surface area (Å²) in [5, 5.41) is 3.02. The van der Waals surface area contributed by atoms with Crippen molar-refractivity contribution in [1.82, 2.24) is 5.32 Å². The summed E-state index contributed by atoms with van der Waals surface area (Å²) in [6.07, 6.45) is 0.707. The number of nitrogens with one attached hydrogen (secondary N) is 1.